The van der Waals surface area contributed by atoms with Crippen LogP contribution in [0.5, 0.6) is 0 Å². The van der Waals surface area contributed by atoms with Crippen molar-refractivity contribution in [1.29, 1.82) is 0 Å². The summed E-state index contributed by atoms with van der Waals surface area (Å²) >= 11 is 0. The normalized spacial score (nSPS) is 17.5. The van der Waals surface area contributed by atoms with Crippen LogP contribution in [0, 0.1) is 0 Å². The summed E-state index contributed by atoms with van der Waals surface area (Å²) in [5.41, 5.74) is 0. The van der Waals surface area contributed by atoms with Gasteiger partial charge in [0.25, 0.3) is 0 Å². The minimum atomic E-state index is -1.03. The smallest absolute Gasteiger partial charge is 0.371 e. The second kappa shape index (κ2) is 5.14. The molecule has 0 atom stereocenters. The molecule has 2 N–H and O–H groups in total. The van der Waals surface area contributed by atoms with Gasteiger partial charge in [0.2, 0.25) is 5.76 Å². The number of hydrogen-bond acceptors (Lipinski definition) is 4. The van der Waals surface area contributed by atoms with Crippen molar-refractivity contribution < 1.29 is 19.1 Å². The molecule has 0 amide bonds. The van der Waals surface area contributed by atoms with Gasteiger partial charge in [-0.3, -0.25) is 0 Å². The standard InChI is InChI=1S/C11H15NO4/c13-11(14)10-2-1-9(16-10)7-12-8-3-5-15-6-4-8/h1-2,8,12H,3-7H2,(H,13,14). The first-order valence-corrected chi connectivity index (χ1v) is 5.39. The van der Waals surface area contributed by atoms with Gasteiger partial charge in [0.05, 0.1) is 6.54 Å². The molecule has 1 aromatic rings. The van der Waals surface area contributed by atoms with Crippen LogP contribution in [0.4, 0.5) is 0 Å². The van der Waals surface area contributed by atoms with E-state index in [2.05, 4.69) is 5.32 Å². The number of hydrogen-bond donors (Lipinski definition) is 2. The van der Waals surface area contributed by atoms with Crippen molar-refractivity contribution in [3.8, 4) is 0 Å². The summed E-state index contributed by atoms with van der Waals surface area (Å²) in [5, 5.41) is 12.0. The summed E-state index contributed by atoms with van der Waals surface area (Å²) in [6, 6.07) is 3.60. The molecule has 1 saturated heterocycles. The highest BCUT2D eigenvalue weighted by molar-refractivity contribution is 5.84. The van der Waals surface area contributed by atoms with Crippen molar-refractivity contribution in [3.05, 3.63) is 23.7 Å². The third kappa shape index (κ3) is 2.84. The number of nitrogens with one attached hydrogen (secondary N) is 1. The number of carboxylic acids is 1. The highest BCUT2D eigenvalue weighted by Crippen LogP contribution is 2.10. The van der Waals surface area contributed by atoms with Gasteiger partial charge in [-0.05, 0) is 25.0 Å². The SMILES string of the molecule is O=C(O)c1ccc(CNC2CCOCC2)o1. The van der Waals surface area contributed by atoms with Crippen molar-refractivity contribution in [2.45, 2.75) is 25.4 Å². The number of rotatable bonds is 4. The summed E-state index contributed by atoms with van der Waals surface area (Å²) in [6.45, 7) is 2.14. The van der Waals surface area contributed by atoms with Crippen LogP contribution in [-0.2, 0) is 11.3 Å². The maximum atomic E-state index is 10.6. The number of ether oxygens (including phenoxy) is 1. The van der Waals surface area contributed by atoms with E-state index in [-0.39, 0.29) is 5.76 Å². The van der Waals surface area contributed by atoms with Gasteiger partial charge in [0.1, 0.15) is 5.76 Å². The third-order valence-corrected chi connectivity index (χ3v) is 2.66. The molecule has 0 saturated carbocycles. The lowest BCUT2D eigenvalue weighted by Gasteiger charge is -2.22. The topological polar surface area (TPSA) is 71.7 Å². The lowest BCUT2D eigenvalue weighted by molar-refractivity contribution is 0.0659. The molecule has 1 fully saturated rings. The molecule has 1 aliphatic heterocycles. The molecule has 0 aliphatic carbocycles. The van der Waals surface area contributed by atoms with Crippen molar-refractivity contribution in [3.63, 3.8) is 0 Å². The van der Waals surface area contributed by atoms with Gasteiger partial charge >= 0.3 is 5.97 Å². The maximum absolute atomic E-state index is 10.6. The molecule has 0 unspecified atom stereocenters. The van der Waals surface area contributed by atoms with E-state index in [1.165, 1.54) is 6.07 Å². The first-order chi connectivity index (χ1) is 7.75. The van der Waals surface area contributed by atoms with Crippen LogP contribution < -0.4 is 5.32 Å². The van der Waals surface area contributed by atoms with Crippen molar-refractivity contribution in [2.24, 2.45) is 0 Å². The first-order valence-electron chi connectivity index (χ1n) is 5.39. The van der Waals surface area contributed by atoms with E-state index >= 15 is 0 Å². The van der Waals surface area contributed by atoms with Crippen molar-refractivity contribution >= 4 is 5.97 Å². The fourth-order valence-electron chi connectivity index (χ4n) is 1.73. The second-order valence-electron chi connectivity index (χ2n) is 3.84. The Kier molecular flexibility index (Phi) is 3.58. The lowest BCUT2D eigenvalue weighted by atomic mass is 10.1. The Balaban J connectivity index is 1.81. The van der Waals surface area contributed by atoms with Gasteiger partial charge in [-0.1, -0.05) is 0 Å². The van der Waals surface area contributed by atoms with E-state index < -0.39 is 5.97 Å². The molecule has 88 valence electrons. The van der Waals surface area contributed by atoms with Crippen LogP contribution in [0.25, 0.3) is 0 Å². The zero-order chi connectivity index (χ0) is 11.4. The first kappa shape index (κ1) is 11.2. The molecule has 1 aromatic heterocycles. The largest absolute Gasteiger partial charge is 0.475 e. The van der Waals surface area contributed by atoms with Crippen LogP contribution in [0.15, 0.2) is 16.5 Å². The molecule has 16 heavy (non-hydrogen) atoms. The zero-order valence-electron chi connectivity index (χ0n) is 8.94. The molecule has 2 rings (SSSR count). The summed E-state index contributed by atoms with van der Waals surface area (Å²) in [7, 11) is 0. The fourth-order valence-corrected chi connectivity index (χ4v) is 1.73. The molecule has 1 aliphatic rings. The minimum Gasteiger partial charge on any atom is -0.475 e. The van der Waals surface area contributed by atoms with Gasteiger partial charge in [0.15, 0.2) is 0 Å². The molecule has 0 bridgehead atoms. The van der Waals surface area contributed by atoms with E-state index in [0.29, 0.717) is 18.3 Å². The van der Waals surface area contributed by atoms with Gasteiger partial charge in [-0.25, -0.2) is 4.79 Å². The van der Waals surface area contributed by atoms with Crippen molar-refractivity contribution in [1.82, 2.24) is 5.32 Å². The van der Waals surface area contributed by atoms with E-state index in [4.69, 9.17) is 14.3 Å². The summed E-state index contributed by atoms with van der Waals surface area (Å²) in [4.78, 5) is 10.6. The van der Waals surface area contributed by atoms with E-state index in [1.54, 1.807) is 6.07 Å². The lowest BCUT2D eigenvalue weighted by Crippen LogP contribution is -2.34. The van der Waals surface area contributed by atoms with Crippen LogP contribution in [0.1, 0.15) is 29.2 Å². The Morgan fingerprint density at radius 3 is 2.81 bits per heavy atom. The molecule has 0 radical (unpaired) electrons. The molecule has 5 heteroatoms. The summed E-state index contributed by atoms with van der Waals surface area (Å²) in [6.07, 6.45) is 1.99. The number of carboxylic acid groups (broad SMARTS) is 1. The van der Waals surface area contributed by atoms with Gasteiger partial charge < -0.3 is 19.6 Å². The summed E-state index contributed by atoms with van der Waals surface area (Å²) in [5.74, 6) is -0.384. The Hall–Kier alpha value is -1.33. The molecule has 0 aromatic carbocycles. The predicted octanol–water partition coefficient (Wildman–Crippen LogP) is 1.25. The van der Waals surface area contributed by atoms with Crippen LogP contribution in [0.3, 0.4) is 0 Å². The zero-order valence-corrected chi connectivity index (χ0v) is 8.94. The van der Waals surface area contributed by atoms with E-state index in [9.17, 15) is 4.79 Å². The fraction of sp³-hybridized carbons (Fsp3) is 0.545. The van der Waals surface area contributed by atoms with Crippen LogP contribution in [0.2, 0.25) is 0 Å². The summed E-state index contributed by atoms with van der Waals surface area (Å²) < 4.78 is 10.4. The van der Waals surface area contributed by atoms with Crippen LogP contribution in [-0.4, -0.2) is 30.3 Å². The molecular formula is C11H15NO4. The van der Waals surface area contributed by atoms with Gasteiger partial charge in [-0.15, -0.1) is 0 Å². The van der Waals surface area contributed by atoms with Crippen LogP contribution >= 0.6 is 0 Å². The van der Waals surface area contributed by atoms with Crippen molar-refractivity contribution in [2.75, 3.05) is 13.2 Å². The minimum absolute atomic E-state index is 0.0104. The molecule has 0 spiro atoms. The second-order valence-corrected chi connectivity index (χ2v) is 3.84. The molecular weight excluding hydrogens is 210 g/mol. The van der Waals surface area contributed by atoms with Gasteiger partial charge in [-0.2, -0.15) is 0 Å². The van der Waals surface area contributed by atoms with E-state index in [1.807, 2.05) is 0 Å². The molecule has 5 nitrogen and oxygen atoms in total. The number of furan rings is 1. The third-order valence-electron chi connectivity index (χ3n) is 2.66. The average molecular weight is 225 g/mol. The predicted molar refractivity (Wildman–Crippen MR) is 56.3 cm³/mol. The quantitative estimate of drug-likeness (QED) is 0.806. The Morgan fingerprint density at radius 1 is 1.44 bits per heavy atom. The Bertz CT molecular complexity index is 355. The molecule has 2 heterocycles. The number of carbonyl (C=O) groups is 1. The van der Waals surface area contributed by atoms with Gasteiger partial charge in [0, 0.05) is 19.3 Å². The highest BCUT2D eigenvalue weighted by Gasteiger charge is 2.14. The Labute approximate surface area is 93.4 Å². The monoisotopic (exact) mass is 225 g/mol. The highest BCUT2D eigenvalue weighted by atomic mass is 16.5. The number of aromatic carboxylic acids is 1. The van der Waals surface area contributed by atoms with E-state index in [0.717, 1.165) is 26.1 Å². The Morgan fingerprint density at radius 2 is 2.19 bits per heavy atom. The average Bonchev–Trinajstić information content (AvgIpc) is 2.76. The maximum Gasteiger partial charge on any atom is 0.371 e.